The van der Waals surface area contributed by atoms with Gasteiger partial charge in [0.25, 0.3) is 0 Å². The molecule has 1 aliphatic carbocycles. The van der Waals surface area contributed by atoms with E-state index in [2.05, 4.69) is 14.9 Å². The fourth-order valence-electron chi connectivity index (χ4n) is 5.10. The second-order valence-corrected chi connectivity index (χ2v) is 8.74. The van der Waals surface area contributed by atoms with Crippen molar-refractivity contribution in [3.05, 3.63) is 23.8 Å². The molecule has 0 radical (unpaired) electrons. The molecule has 3 heterocycles. The van der Waals surface area contributed by atoms with E-state index in [1.165, 1.54) is 12.8 Å². The summed E-state index contributed by atoms with van der Waals surface area (Å²) in [6.07, 6.45) is 11.6. The Balaban J connectivity index is 1.44. The smallest absolute Gasteiger partial charge is 0.225 e. The van der Waals surface area contributed by atoms with Crippen molar-refractivity contribution < 1.29 is 9.59 Å². The Morgan fingerprint density at radius 2 is 1.96 bits per heavy atom. The zero-order valence-electron chi connectivity index (χ0n) is 16.3. The first kappa shape index (κ1) is 18.4. The van der Waals surface area contributed by atoms with Crippen LogP contribution in [0.1, 0.15) is 62.8 Å². The van der Waals surface area contributed by atoms with Crippen LogP contribution in [0.2, 0.25) is 0 Å². The summed E-state index contributed by atoms with van der Waals surface area (Å²) in [5.41, 5.74) is 1.77. The van der Waals surface area contributed by atoms with Crippen molar-refractivity contribution in [3.63, 3.8) is 0 Å². The molecular formula is C21H30N4O2. The van der Waals surface area contributed by atoms with Gasteiger partial charge in [-0.15, -0.1) is 0 Å². The predicted molar refractivity (Wildman–Crippen MR) is 102 cm³/mol. The summed E-state index contributed by atoms with van der Waals surface area (Å²) in [5, 5.41) is 0. The standard InChI is InChI=1S/C21H30N4O2/c1-16-11-23-18(12-22-16)13-25-15-21(9-7-19(25)26)8-4-10-24(14-21)20(27)17-5-2-3-6-17/h11-12,17H,2-10,13-15H2,1H3. The molecule has 3 fully saturated rings. The molecule has 0 bridgehead atoms. The third kappa shape index (κ3) is 3.99. The third-order valence-electron chi connectivity index (χ3n) is 6.61. The molecule has 3 aliphatic rings. The molecule has 2 saturated heterocycles. The summed E-state index contributed by atoms with van der Waals surface area (Å²) >= 11 is 0. The Kier molecular flexibility index (Phi) is 5.15. The summed E-state index contributed by atoms with van der Waals surface area (Å²) in [6, 6.07) is 0. The highest BCUT2D eigenvalue weighted by Gasteiger charge is 2.43. The van der Waals surface area contributed by atoms with Crippen molar-refractivity contribution >= 4 is 11.8 Å². The van der Waals surface area contributed by atoms with Crippen molar-refractivity contribution in [2.75, 3.05) is 19.6 Å². The van der Waals surface area contributed by atoms with Gasteiger partial charge in [0.05, 0.1) is 24.1 Å². The Labute approximate surface area is 161 Å². The van der Waals surface area contributed by atoms with E-state index in [-0.39, 0.29) is 17.2 Å². The number of amides is 2. The van der Waals surface area contributed by atoms with Crippen LogP contribution >= 0.6 is 0 Å². The summed E-state index contributed by atoms with van der Waals surface area (Å²) in [5.74, 6) is 0.797. The van der Waals surface area contributed by atoms with E-state index in [1.807, 2.05) is 11.8 Å². The van der Waals surface area contributed by atoms with E-state index in [0.29, 0.717) is 18.9 Å². The molecule has 4 rings (SSSR count). The molecule has 146 valence electrons. The maximum Gasteiger partial charge on any atom is 0.225 e. The second kappa shape index (κ2) is 7.56. The first-order chi connectivity index (χ1) is 13.0. The minimum Gasteiger partial charge on any atom is -0.342 e. The van der Waals surface area contributed by atoms with E-state index in [9.17, 15) is 9.59 Å². The van der Waals surface area contributed by atoms with Gasteiger partial charge in [0.2, 0.25) is 11.8 Å². The van der Waals surface area contributed by atoms with Crippen LogP contribution in [0.5, 0.6) is 0 Å². The predicted octanol–water partition coefficient (Wildman–Crippen LogP) is 2.71. The number of aromatic nitrogens is 2. The van der Waals surface area contributed by atoms with Gasteiger partial charge in [-0.3, -0.25) is 19.6 Å². The van der Waals surface area contributed by atoms with Gasteiger partial charge in [0, 0.05) is 43.6 Å². The lowest BCUT2D eigenvalue weighted by Crippen LogP contribution is -2.55. The van der Waals surface area contributed by atoms with Crippen LogP contribution in [0.4, 0.5) is 0 Å². The summed E-state index contributed by atoms with van der Waals surface area (Å²) < 4.78 is 0. The highest BCUT2D eigenvalue weighted by molar-refractivity contribution is 5.80. The van der Waals surface area contributed by atoms with Crippen LogP contribution in [0.25, 0.3) is 0 Å². The Bertz CT molecular complexity index is 699. The van der Waals surface area contributed by atoms with Crippen molar-refractivity contribution in [1.29, 1.82) is 0 Å². The Morgan fingerprint density at radius 3 is 2.70 bits per heavy atom. The lowest BCUT2D eigenvalue weighted by atomic mass is 9.73. The fourth-order valence-corrected chi connectivity index (χ4v) is 5.10. The van der Waals surface area contributed by atoms with Crippen LogP contribution in [-0.4, -0.2) is 51.2 Å². The molecule has 2 aliphatic heterocycles. The zero-order valence-corrected chi connectivity index (χ0v) is 16.3. The molecule has 1 aromatic rings. The van der Waals surface area contributed by atoms with Gasteiger partial charge in [-0.05, 0) is 39.0 Å². The number of nitrogens with zero attached hydrogens (tertiary/aromatic N) is 4. The van der Waals surface area contributed by atoms with Gasteiger partial charge in [0.1, 0.15) is 0 Å². The number of piperidine rings is 2. The number of aryl methyl sites for hydroxylation is 1. The Morgan fingerprint density at radius 1 is 1.15 bits per heavy atom. The largest absolute Gasteiger partial charge is 0.342 e. The molecule has 1 saturated carbocycles. The van der Waals surface area contributed by atoms with Gasteiger partial charge in [-0.25, -0.2) is 0 Å². The molecule has 1 atom stereocenters. The van der Waals surface area contributed by atoms with Crippen LogP contribution < -0.4 is 0 Å². The molecule has 0 aromatic carbocycles. The Hall–Kier alpha value is -1.98. The number of hydrogen-bond acceptors (Lipinski definition) is 4. The van der Waals surface area contributed by atoms with Crippen LogP contribution in [-0.2, 0) is 16.1 Å². The maximum atomic E-state index is 12.9. The normalized spacial score (nSPS) is 26.8. The average Bonchev–Trinajstić information content (AvgIpc) is 3.21. The van der Waals surface area contributed by atoms with Crippen molar-refractivity contribution in [3.8, 4) is 0 Å². The highest BCUT2D eigenvalue weighted by Crippen LogP contribution is 2.40. The zero-order chi connectivity index (χ0) is 18.9. The monoisotopic (exact) mass is 370 g/mol. The van der Waals surface area contributed by atoms with Gasteiger partial charge in [-0.2, -0.15) is 0 Å². The fraction of sp³-hybridized carbons (Fsp3) is 0.714. The van der Waals surface area contributed by atoms with Gasteiger partial charge in [0.15, 0.2) is 0 Å². The van der Waals surface area contributed by atoms with E-state index < -0.39 is 0 Å². The minimum atomic E-state index is 0.0541. The van der Waals surface area contributed by atoms with E-state index in [1.54, 1.807) is 12.4 Å². The first-order valence-electron chi connectivity index (χ1n) is 10.4. The van der Waals surface area contributed by atoms with E-state index in [4.69, 9.17) is 0 Å². The molecule has 1 unspecified atom stereocenters. The SMILES string of the molecule is Cc1cnc(CN2CC3(CCCN(C(=O)C4CCCC4)C3)CCC2=O)cn1. The molecule has 6 heteroatoms. The average molecular weight is 370 g/mol. The van der Waals surface area contributed by atoms with Gasteiger partial charge in [-0.1, -0.05) is 12.8 Å². The molecule has 1 spiro atoms. The highest BCUT2D eigenvalue weighted by atomic mass is 16.2. The topological polar surface area (TPSA) is 66.4 Å². The number of rotatable bonds is 3. The number of hydrogen-bond donors (Lipinski definition) is 0. The van der Waals surface area contributed by atoms with Crippen molar-refractivity contribution in [2.45, 2.75) is 64.8 Å². The van der Waals surface area contributed by atoms with Gasteiger partial charge < -0.3 is 9.80 Å². The van der Waals surface area contributed by atoms with E-state index >= 15 is 0 Å². The van der Waals surface area contributed by atoms with Crippen molar-refractivity contribution in [2.24, 2.45) is 11.3 Å². The number of likely N-dealkylation sites (tertiary alicyclic amines) is 2. The summed E-state index contributed by atoms with van der Waals surface area (Å²) in [7, 11) is 0. The molecule has 6 nitrogen and oxygen atoms in total. The second-order valence-electron chi connectivity index (χ2n) is 8.74. The van der Waals surface area contributed by atoms with Crippen LogP contribution in [0, 0.1) is 18.3 Å². The maximum absolute atomic E-state index is 12.9. The first-order valence-corrected chi connectivity index (χ1v) is 10.4. The van der Waals surface area contributed by atoms with Crippen LogP contribution in [0.3, 0.4) is 0 Å². The lowest BCUT2D eigenvalue weighted by Gasteiger charge is -2.48. The number of carbonyl (C=O) groups is 2. The molecule has 27 heavy (non-hydrogen) atoms. The molecule has 2 amide bonds. The minimum absolute atomic E-state index is 0.0541. The van der Waals surface area contributed by atoms with Crippen LogP contribution in [0.15, 0.2) is 12.4 Å². The van der Waals surface area contributed by atoms with Crippen molar-refractivity contribution in [1.82, 2.24) is 19.8 Å². The molecule has 0 N–H and O–H groups in total. The molecule has 1 aromatic heterocycles. The van der Waals surface area contributed by atoms with E-state index in [0.717, 1.165) is 63.1 Å². The van der Waals surface area contributed by atoms with Gasteiger partial charge >= 0.3 is 0 Å². The lowest BCUT2D eigenvalue weighted by molar-refractivity contribution is -0.145. The summed E-state index contributed by atoms with van der Waals surface area (Å²) in [4.78, 5) is 38.2. The third-order valence-corrected chi connectivity index (χ3v) is 6.61. The molecular weight excluding hydrogens is 340 g/mol. The quantitative estimate of drug-likeness (QED) is 0.820. The number of carbonyl (C=O) groups excluding carboxylic acids is 2. The summed E-state index contributed by atoms with van der Waals surface area (Å²) in [6.45, 7) is 4.86.